The van der Waals surface area contributed by atoms with Gasteiger partial charge in [-0.05, 0) is 54.6 Å². The molecule has 32 heavy (non-hydrogen) atoms. The van der Waals surface area contributed by atoms with E-state index in [1.165, 1.54) is 4.90 Å². The van der Waals surface area contributed by atoms with Gasteiger partial charge in [-0.2, -0.15) is 0 Å². The number of thioether (sulfide) groups is 1. The van der Waals surface area contributed by atoms with Crippen molar-refractivity contribution in [1.82, 2.24) is 10.2 Å². The number of rotatable bonds is 6. The van der Waals surface area contributed by atoms with Crippen LogP contribution in [0.1, 0.15) is 21.5 Å². The van der Waals surface area contributed by atoms with Gasteiger partial charge in [0.1, 0.15) is 0 Å². The molecule has 0 aromatic heterocycles. The third kappa shape index (κ3) is 5.20. The summed E-state index contributed by atoms with van der Waals surface area (Å²) in [5, 5.41) is 2.47. The molecule has 0 atom stereocenters. The average molecular weight is 452 g/mol. The Morgan fingerprint density at radius 2 is 1.75 bits per heavy atom. The first-order valence-corrected chi connectivity index (χ1v) is 11.4. The van der Waals surface area contributed by atoms with Crippen LogP contribution in [0.15, 0.2) is 53.4 Å². The van der Waals surface area contributed by atoms with Crippen LogP contribution >= 0.6 is 11.8 Å². The molecular weight excluding hydrogens is 426 g/mol. The average Bonchev–Trinajstić information content (AvgIpc) is 3.08. The summed E-state index contributed by atoms with van der Waals surface area (Å²) in [5.74, 6) is -0.564. The van der Waals surface area contributed by atoms with Crippen LogP contribution in [0, 0.1) is 6.92 Å². The second-order valence-corrected chi connectivity index (χ2v) is 8.64. The number of hydrogen-bond donors (Lipinski definition) is 1. The largest absolute Gasteiger partial charge is 0.378 e. The van der Waals surface area contributed by atoms with Crippen molar-refractivity contribution >= 4 is 40.6 Å². The summed E-state index contributed by atoms with van der Waals surface area (Å²) in [7, 11) is 0. The molecule has 0 aliphatic carbocycles. The predicted octanol–water partition coefficient (Wildman–Crippen LogP) is 3.30. The maximum absolute atomic E-state index is 12.6. The fraction of sp³-hybridized carbons (Fsp3) is 0.292. The summed E-state index contributed by atoms with van der Waals surface area (Å²) >= 11 is 0.923. The monoisotopic (exact) mass is 451 g/mol. The smallest absolute Gasteiger partial charge is 0.293 e. The summed E-state index contributed by atoms with van der Waals surface area (Å²) in [5.41, 5.74) is 3.59. The van der Waals surface area contributed by atoms with Gasteiger partial charge in [0.15, 0.2) is 0 Å². The zero-order chi connectivity index (χ0) is 22.5. The first-order chi connectivity index (χ1) is 15.5. The minimum absolute atomic E-state index is 0.132. The fourth-order valence-corrected chi connectivity index (χ4v) is 4.40. The highest BCUT2D eigenvalue weighted by atomic mass is 32.2. The quantitative estimate of drug-likeness (QED) is 0.679. The van der Waals surface area contributed by atoms with Crippen molar-refractivity contribution in [2.75, 3.05) is 44.3 Å². The minimum atomic E-state index is -0.329. The highest BCUT2D eigenvalue weighted by Gasteiger charge is 2.34. The summed E-state index contributed by atoms with van der Waals surface area (Å²) in [6.45, 7) is 5.40. The van der Waals surface area contributed by atoms with Crippen molar-refractivity contribution in [2.45, 2.75) is 6.92 Å². The lowest BCUT2D eigenvalue weighted by molar-refractivity contribution is -0.122. The molecule has 0 radical (unpaired) electrons. The van der Waals surface area contributed by atoms with Crippen LogP contribution < -0.4 is 10.2 Å². The molecule has 2 fully saturated rings. The van der Waals surface area contributed by atoms with Crippen LogP contribution in [0.5, 0.6) is 0 Å². The number of nitrogens with one attached hydrogen (secondary N) is 1. The molecule has 0 unspecified atom stereocenters. The summed E-state index contributed by atoms with van der Waals surface area (Å²) < 4.78 is 5.36. The van der Waals surface area contributed by atoms with Gasteiger partial charge in [0, 0.05) is 37.4 Å². The molecule has 3 amide bonds. The van der Waals surface area contributed by atoms with E-state index < -0.39 is 0 Å². The predicted molar refractivity (Wildman–Crippen MR) is 126 cm³/mol. The number of carbonyl (C=O) groups excluding carboxylic acids is 3. The number of amides is 3. The summed E-state index contributed by atoms with van der Waals surface area (Å²) in [4.78, 5) is 41.1. The Labute approximate surface area is 191 Å². The molecule has 7 nitrogen and oxygen atoms in total. The number of ether oxygens (including phenoxy) is 1. The lowest BCUT2D eigenvalue weighted by atomic mass is 10.1. The maximum atomic E-state index is 12.6. The van der Waals surface area contributed by atoms with Crippen molar-refractivity contribution in [1.29, 1.82) is 0 Å². The third-order valence-electron chi connectivity index (χ3n) is 5.38. The number of carbonyl (C=O) groups is 3. The van der Waals surface area contributed by atoms with Crippen molar-refractivity contribution in [2.24, 2.45) is 0 Å². The normalized spacial score (nSPS) is 17.8. The van der Waals surface area contributed by atoms with E-state index in [4.69, 9.17) is 4.74 Å². The number of morpholine rings is 1. The Hall–Kier alpha value is -3.10. The van der Waals surface area contributed by atoms with Gasteiger partial charge in [-0.15, -0.1) is 0 Å². The van der Waals surface area contributed by atoms with E-state index in [1.54, 1.807) is 18.2 Å². The number of anilines is 1. The maximum Gasteiger partial charge on any atom is 0.293 e. The first kappa shape index (κ1) is 22.1. The number of benzene rings is 2. The highest BCUT2D eigenvalue weighted by molar-refractivity contribution is 8.18. The van der Waals surface area contributed by atoms with Crippen molar-refractivity contribution < 1.29 is 19.1 Å². The molecule has 2 heterocycles. The van der Waals surface area contributed by atoms with Crippen molar-refractivity contribution in [3.63, 3.8) is 0 Å². The van der Waals surface area contributed by atoms with E-state index in [1.807, 2.05) is 43.3 Å². The lowest BCUT2D eigenvalue weighted by Gasteiger charge is -2.28. The Kier molecular flexibility index (Phi) is 6.92. The molecule has 1 N–H and O–H groups in total. The topological polar surface area (TPSA) is 79.0 Å². The second-order valence-electron chi connectivity index (χ2n) is 7.65. The van der Waals surface area contributed by atoms with E-state index >= 15 is 0 Å². The lowest BCUT2D eigenvalue weighted by Crippen LogP contribution is -2.37. The zero-order valence-corrected chi connectivity index (χ0v) is 18.7. The Bertz CT molecular complexity index is 1030. The van der Waals surface area contributed by atoms with Gasteiger partial charge in [0.25, 0.3) is 17.1 Å². The van der Waals surface area contributed by atoms with Crippen LogP contribution in [0.3, 0.4) is 0 Å². The van der Waals surface area contributed by atoms with Crippen LogP contribution in [0.2, 0.25) is 0 Å². The Morgan fingerprint density at radius 3 is 2.44 bits per heavy atom. The molecular formula is C24H25N3O4S. The van der Waals surface area contributed by atoms with Crippen LogP contribution in [0.25, 0.3) is 6.08 Å². The summed E-state index contributed by atoms with van der Waals surface area (Å²) in [6, 6.07) is 15.1. The van der Waals surface area contributed by atoms with Gasteiger partial charge >= 0.3 is 0 Å². The molecule has 0 saturated carbocycles. The Balaban J connectivity index is 1.30. The van der Waals surface area contributed by atoms with Gasteiger partial charge < -0.3 is 15.0 Å². The van der Waals surface area contributed by atoms with E-state index in [9.17, 15) is 14.4 Å². The number of nitrogens with zero attached hydrogens (tertiary/aromatic N) is 2. The van der Waals surface area contributed by atoms with Crippen LogP contribution in [0.4, 0.5) is 10.5 Å². The highest BCUT2D eigenvalue weighted by Crippen LogP contribution is 2.31. The number of hydrogen-bond acceptors (Lipinski definition) is 6. The second kappa shape index (κ2) is 10.0. The molecule has 2 aliphatic heterocycles. The molecule has 8 heteroatoms. The van der Waals surface area contributed by atoms with Crippen LogP contribution in [-0.2, 0) is 9.53 Å². The van der Waals surface area contributed by atoms with E-state index in [0.29, 0.717) is 23.7 Å². The molecule has 4 rings (SSSR count). The number of imide groups is 1. The van der Waals surface area contributed by atoms with Crippen molar-refractivity contribution in [3.05, 3.63) is 70.1 Å². The third-order valence-corrected chi connectivity index (χ3v) is 6.28. The molecule has 2 aromatic carbocycles. The molecule has 0 spiro atoms. The van der Waals surface area contributed by atoms with Gasteiger partial charge in [-0.3, -0.25) is 19.3 Å². The fourth-order valence-electron chi connectivity index (χ4n) is 3.54. The minimum Gasteiger partial charge on any atom is -0.378 e. The Morgan fingerprint density at radius 1 is 1.06 bits per heavy atom. The first-order valence-electron chi connectivity index (χ1n) is 10.5. The SMILES string of the molecule is Cc1ccc(/C=C2\SC(=O)N(CCNC(=O)c3ccc(N4CCOCC4)cc3)C2=O)cc1. The number of aryl methyl sites for hydroxylation is 1. The van der Waals surface area contributed by atoms with Crippen molar-refractivity contribution in [3.8, 4) is 0 Å². The van der Waals surface area contributed by atoms with E-state index in [-0.39, 0.29) is 30.1 Å². The van der Waals surface area contributed by atoms with Gasteiger partial charge in [0.2, 0.25) is 0 Å². The molecule has 2 aliphatic rings. The van der Waals surface area contributed by atoms with E-state index in [0.717, 1.165) is 41.7 Å². The van der Waals surface area contributed by atoms with Crippen LogP contribution in [-0.4, -0.2) is 61.3 Å². The van der Waals surface area contributed by atoms with Gasteiger partial charge in [-0.25, -0.2) is 0 Å². The molecule has 2 aromatic rings. The summed E-state index contributed by atoms with van der Waals surface area (Å²) in [6.07, 6.45) is 1.72. The standard InChI is InChI=1S/C24H25N3O4S/c1-17-2-4-18(5-3-17)16-21-23(29)27(24(30)32-21)11-10-25-22(28)19-6-8-20(9-7-19)26-12-14-31-15-13-26/h2-9,16H,10-15H2,1H3,(H,25,28)/b21-16-. The van der Waals surface area contributed by atoms with E-state index in [2.05, 4.69) is 10.2 Å². The van der Waals surface area contributed by atoms with Gasteiger partial charge in [0.05, 0.1) is 18.1 Å². The zero-order valence-electron chi connectivity index (χ0n) is 17.9. The molecule has 2 saturated heterocycles. The molecule has 0 bridgehead atoms. The van der Waals surface area contributed by atoms with Gasteiger partial charge in [-0.1, -0.05) is 29.8 Å². The molecule has 166 valence electrons.